The summed E-state index contributed by atoms with van der Waals surface area (Å²) in [5.41, 5.74) is 1.28. The molecule has 4 heteroatoms. The van der Waals surface area contributed by atoms with Crippen molar-refractivity contribution >= 4 is 5.91 Å². The van der Waals surface area contributed by atoms with E-state index in [0.717, 1.165) is 12.8 Å². The Hall–Kier alpha value is -2.10. The standard InChI is InChI=1S/C14H16N2O2/c1-11(7-8-12-5-3-2-4-6-12)16-14(17)13-9-15-10-18-13/h2-6,9-11H,7-8H2,1H3,(H,16,17)/t11-/m0/s1. The van der Waals surface area contributed by atoms with Gasteiger partial charge in [0, 0.05) is 6.04 Å². The van der Waals surface area contributed by atoms with Crippen LogP contribution in [0.15, 0.2) is 47.3 Å². The van der Waals surface area contributed by atoms with Crippen LogP contribution in [-0.2, 0) is 6.42 Å². The van der Waals surface area contributed by atoms with Crippen molar-refractivity contribution in [2.45, 2.75) is 25.8 Å². The van der Waals surface area contributed by atoms with Gasteiger partial charge < -0.3 is 9.73 Å². The van der Waals surface area contributed by atoms with Crippen molar-refractivity contribution in [3.8, 4) is 0 Å². The van der Waals surface area contributed by atoms with Gasteiger partial charge in [-0.25, -0.2) is 4.98 Å². The highest BCUT2D eigenvalue weighted by Gasteiger charge is 2.12. The minimum absolute atomic E-state index is 0.0998. The SMILES string of the molecule is C[C@@H](CCc1ccccc1)NC(=O)c1cnco1. The first-order valence-electron chi connectivity index (χ1n) is 5.99. The summed E-state index contributed by atoms with van der Waals surface area (Å²) < 4.78 is 4.94. The smallest absolute Gasteiger partial charge is 0.288 e. The van der Waals surface area contributed by atoms with Crippen molar-refractivity contribution in [3.63, 3.8) is 0 Å². The van der Waals surface area contributed by atoms with Gasteiger partial charge in [0.05, 0.1) is 6.20 Å². The summed E-state index contributed by atoms with van der Waals surface area (Å²) >= 11 is 0. The van der Waals surface area contributed by atoms with Crippen molar-refractivity contribution in [2.24, 2.45) is 0 Å². The number of carbonyl (C=O) groups excluding carboxylic acids is 1. The maximum absolute atomic E-state index is 11.7. The van der Waals surface area contributed by atoms with Gasteiger partial charge in [-0.3, -0.25) is 4.79 Å². The predicted octanol–water partition coefficient (Wildman–Crippen LogP) is 2.43. The summed E-state index contributed by atoms with van der Waals surface area (Å²) in [4.78, 5) is 15.4. The van der Waals surface area contributed by atoms with Crippen LogP contribution in [0.4, 0.5) is 0 Å². The fourth-order valence-corrected chi connectivity index (χ4v) is 1.72. The minimum atomic E-state index is -0.215. The summed E-state index contributed by atoms with van der Waals surface area (Å²) in [6.07, 6.45) is 4.51. The summed E-state index contributed by atoms with van der Waals surface area (Å²) in [5, 5.41) is 2.88. The lowest BCUT2D eigenvalue weighted by molar-refractivity contribution is 0.0910. The van der Waals surface area contributed by atoms with Crippen LogP contribution in [0.1, 0.15) is 29.5 Å². The first-order valence-corrected chi connectivity index (χ1v) is 5.99. The van der Waals surface area contributed by atoms with Crippen molar-refractivity contribution in [1.29, 1.82) is 0 Å². The molecule has 0 saturated heterocycles. The Morgan fingerprint density at radius 3 is 2.83 bits per heavy atom. The second kappa shape index (κ2) is 6.00. The van der Waals surface area contributed by atoms with Crippen LogP contribution in [-0.4, -0.2) is 16.9 Å². The number of nitrogens with one attached hydrogen (secondary N) is 1. The van der Waals surface area contributed by atoms with Gasteiger partial charge in [-0.2, -0.15) is 0 Å². The maximum atomic E-state index is 11.7. The molecule has 0 radical (unpaired) electrons. The average Bonchev–Trinajstić information content (AvgIpc) is 2.91. The summed E-state index contributed by atoms with van der Waals surface area (Å²) in [7, 11) is 0. The van der Waals surface area contributed by atoms with Gasteiger partial charge >= 0.3 is 0 Å². The van der Waals surface area contributed by atoms with Gasteiger partial charge in [-0.05, 0) is 25.3 Å². The summed E-state index contributed by atoms with van der Waals surface area (Å²) in [6.45, 7) is 1.98. The van der Waals surface area contributed by atoms with Crippen molar-refractivity contribution < 1.29 is 9.21 Å². The Bertz CT molecular complexity index is 480. The lowest BCUT2D eigenvalue weighted by atomic mass is 10.1. The third-order valence-electron chi connectivity index (χ3n) is 2.74. The van der Waals surface area contributed by atoms with Gasteiger partial charge in [0.25, 0.3) is 5.91 Å². The quantitative estimate of drug-likeness (QED) is 0.878. The molecule has 0 spiro atoms. The zero-order valence-corrected chi connectivity index (χ0v) is 10.3. The molecular formula is C14H16N2O2. The largest absolute Gasteiger partial charge is 0.438 e. The molecule has 0 fully saturated rings. The second-order valence-corrected chi connectivity index (χ2v) is 4.26. The number of hydrogen-bond acceptors (Lipinski definition) is 3. The number of carbonyl (C=O) groups is 1. The molecule has 0 aliphatic heterocycles. The van der Waals surface area contributed by atoms with E-state index in [0.29, 0.717) is 0 Å². The molecular weight excluding hydrogens is 228 g/mol. The van der Waals surface area contributed by atoms with Crippen LogP contribution in [0, 0.1) is 0 Å². The van der Waals surface area contributed by atoms with E-state index in [4.69, 9.17) is 4.42 Å². The monoisotopic (exact) mass is 244 g/mol. The minimum Gasteiger partial charge on any atom is -0.438 e. The molecule has 0 bridgehead atoms. The van der Waals surface area contributed by atoms with E-state index in [2.05, 4.69) is 22.4 Å². The molecule has 1 atom stereocenters. The van der Waals surface area contributed by atoms with E-state index >= 15 is 0 Å². The molecule has 4 nitrogen and oxygen atoms in total. The van der Waals surface area contributed by atoms with Gasteiger partial charge in [-0.15, -0.1) is 0 Å². The molecule has 1 N–H and O–H groups in total. The zero-order valence-electron chi connectivity index (χ0n) is 10.3. The third-order valence-corrected chi connectivity index (χ3v) is 2.74. The fraction of sp³-hybridized carbons (Fsp3) is 0.286. The molecule has 0 aliphatic carbocycles. The van der Waals surface area contributed by atoms with E-state index < -0.39 is 0 Å². The molecule has 0 saturated carbocycles. The van der Waals surface area contributed by atoms with Crippen LogP contribution in [0.25, 0.3) is 0 Å². The maximum Gasteiger partial charge on any atom is 0.288 e. The van der Waals surface area contributed by atoms with E-state index in [-0.39, 0.29) is 17.7 Å². The van der Waals surface area contributed by atoms with Crippen LogP contribution in [0.3, 0.4) is 0 Å². The zero-order chi connectivity index (χ0) is 12.8. The Kier molecular flexibility index (Phi) is 4.12. The van der Waals surface area contributed by atoms with Crippen molar-refractivity contribution in [3.05, 3.63) is 54.2 Å². The highest BCUT2D eigenvalue weighted by molar-refractivity contribution is 5.91. The molecule has 0 aliphatic rings. The number of aromatic nitrogens is 1. The highest BCUT2D eigenvalue weighted by Crippen LogP contribution is 2.05. The molecule has 1 aromatic carbocycles. The highest BCUT2D eigenvalue weighted by atomic mass is 16.3. The number of nitrogens with zero attached hydrogens (tertiary/aromatic N) is 1. The second-order valence-electron chi connectivity index (χ2n) is 4.26. The van der Waals surface area contributed by atoms with Crippen molar-refractivity contribution in [2.75, 3.05) is 0 Å². The molecule has 1 aromatic heterocycles. The lowest BCUT2D eigenvalue weighted by Crippen LogP contribution is -2.32. The number of benzene rings is 1. The Morgan fingerprint density at radius 2 is 2.17 bits per heavy atom. The van der Waals surface area contributed by atoms with Crippen LogP contribution >= 0.6 is 0 Å². The van der Waals surface area contributed by atoms with Crippen LogP contribution < -0.4 is 5.32 Å². The molecule has 94 valence electrons. The Labute approximate surface area is 106 Å². The third kappa shape index (κ3) is 3.45. The molecule has 2 aromatic rings. The molecule has 1 amide bonds. The van der Waals surface area contributed by atoms with Crippen LogP contribution in [0.5, 0.6) is 0 Å². The van der Waals surface area contributed by atoms with Crippen LogP contribution in [0.2, 0.25) is 0 Å². The predicted molar refractivity (Wildman–Crippen MR) is 68.2 cm³/mol. The first-order chi connectivity index (χ1) is 8.75. The topological polar surface area (TPSA) is 55.1 Å². The molecule has 0 unspecified atom stereocenters. The summed E-state index contributed by atoms with van der Waals surface area (Å²) in [5.74, 6) is 0.0367. The molecule has 18 heavy (non-hydrogen) atoms. The number of hydrogen-bond donors (Lipinski definition) is 1. The van der Waals surface area contributed by atoms with E-state index in [1.54, 1.807) is 0 Å². The lowest BCUT2D eigenvalue weighted by Gasteiger charge is -2.12. The van der Waals surface area contributed by atoms with Crippen molar-refractivity contribution in [1.82, 2.24) is 10.3 Å². The Balaban J connectivity index is 1.79. The summed E-state index contributed by atoms with van der Waals surface area (Å²) in [6, 6.07) is 10.3. The first kappa shape index (κ1) is 12.4. The number of oxazole rings is 1. The van der Waals surface area contributed by atoms with E-state index in [1.165, 1.54) is 18.2 Å². The van der Waals surface area contributed by atoms with Gasteiger partial charge in [0.2, 0.25) is 5.76 Å². The van der Waals surface area contributed by atoms with E-state index in [9.17, 15) is 4.79 Å². The molecule has 2 rings (SSSR count). The van der Waals surface area contributed by atoms with Gasteiger partial charge in [0.15, 0.2) is 6.39 Å². The average molecular weight is 244 g/mol. The van der Waals surface area contributed by atoms with E-state index in [1.807, 2.05) is 25.1 Å². The Morgan fingerprint density at radius 1 is 1.39 bits per heavy atom. The number of aryl methyl sites for hydroxylation is 1. The number of amides is 1. The molecule has 1 heterocycles. The number of rotatable bonds is 5. The fourth-order valence-electron chi connectivity index (χ4n) is 1.72. The van der Waals surface area contributed by atoms with Gasteiger partial charge in [0.1, 0.15) is 0 Å². The normalized spacial score (nSPS) is 12.1. The van der Waals surface area contributed by atoms with Gasteiger partial charge in [-0.1, -0.05) is 30.3 Å².